The van der Waals surface area contributed by atoms with Gasteiger partial charge < -0.3 is 9.84 Å². The predicted molar refractivity (Wildman–Crippen MR) is 52.4 cm³/mol. The molecule has 1 rings (SSSR count). The van der Waals surface area contributed by atoms with Gasteiger partial charge in [0.05, 0.1) is 12.2 Å². The maximum atomic E-state index is 5.14. The van der Waals surface area contributed by atoms with Crippen LogP contribution in [0.4, 0.5) is 0 Å². The third kappa shape index (κ3) is 3.59. The van der Waals surface area contributed by atoms with Gasteiger partial charge in [0.1, 0.15) is 0 Å². The Kier molecular flexibility index (Phi) is 3.09. The number of rotatable bonds is 3. The summed E-state index contributed by atoms with van der Waals surface area (Å²) in [4.78, 5) is 0. The summed E-state index contributed by atoms with van der Waals surface area (Å²) in [5.74, 6) is 0.904. The van der Waals surface area contributed by atoms with E-state index >= 15 is 0 Å². The Morgan fingerprint density at radius 2 is 2.15 bits per heavy atom. The molecular formula is C10H18N2O. The van der Waals surface area contributed by atoms with E-state index in [1.807, 2.05) is 13.1 Å². The van der Waals surface area contributed by atoms with Gasteiger partial charge in [0, 0.05) is 6.07 Å². The largest absolute Gasteiger partial charge is 0.360 e. The summed E-state index contributed by atoms with van der Waals surface area (Å²) in [7, 11) is 1.89. The lowest BCUT2D eigenvalue weighted by atomic mass is 9.90. The summed E-state index contributed by atoms with van der Waals surface area (Å²) in [5.41, 5.74) is 1.31. The Balaban J connectivity index is 2.59. The molecule has 1 heterocycles. The van der Waals surface area contributed by atoms with E-state index in [4.69, 9.17) is 4.52 Å². The molecule has 0 fully saturated rings. The van der Waals surface area contributed by atoms with Crippen LogP contribution in [-0.4, -0.2) is 12.2 Å². The zero-order valence-corrected chi connectivity index (χ0v) is 8.85. The highest BCUT2D eigenvalue weighted by Gasteiger charge is 2.14. The van der Waals surface area contributed by atoms with Crippen molar-refractivity contribution in [1.29, 1.82) is 0 Å². The van der Waals surface area contributed by atoms with Gasteiger partial charge in [-0.1, -0.05) is 25.9 Å². The monoisotopic (exact) mass is 182 g/mol. The highest BCUT2D eigenvalue weighted by atomic mass is 16.5. The molecule has 0 spiro atoms. The second-order valence-corrected chi connectivity index (χ2v) is 4.55. The first-order valence-corrected chi connectivity index (χ1v) is 4.60. The predicted octanol–water partition coefficient (Wildman–Crippen LogP) is 1.98. The van der Waals surface area contributed by atoms with E-state index in [1.165, 1.54) is 0 Å². The summed E-state index contributed by atoms with van der Waals surface area (Å²) >= 11 is 0. The van der Waals surface area contributed by atoms with Crippen LogP contribution in [0, 0.1) is 5.41 Å². The number of nitrogens with one attached hydrogen (secondary N) is 1. The van der Waals surface area contributed by atoms with Gasteiger partial charge in [0.15, 0.2) is 5.76 Å². The maximum absolute atomic E-state index is 5.14. The molecule has 0 radical (unpaired) electrons. The Morgan fingerprint density at radius 1 is 1.46 bits per heavy atom. The van der Waals surface area contributed by atoms with E-state index in [-0.39, 0.29) is 5.41 Å². The lowest BCUT2D eigenvalue weighted by Gasteiger charge is -2.14. The van der Waals surface area contributed by atoms with Crippen LogP contribution in [0.5, 0.6) is 0 Å². The lowest BCUT2D eigenvalue weighted by molar-refractivity contribution is 0.351. The number of hydrogen-bond donors (Lipinski definition) is 1. The molecule has 0 saturated carbocycles. The van der Waals surface area contributed by atoms with Crippen molar-refractivity contribution < 1.29 is 4.52 Å². The first-order chi connectivity index (χ1) is 6.01. The summed E-state index contributed by atoms with van der Waals surface area (Å²) in [6.45, 7) is 7.33. The average molecular weight is 182 g/mol. The fourth-order valence-electron chi connectivity index (χ4n) is 1.24. The molecule has 1 aromatic heterocycles. The van der Waals surface area contributed by atoms with Crippen molar-refractivity contribution in [3.63, 3.8) is 0 Å². The van der Waals surface area contributed by atoms with Gasteiger partial charge in [-0.2, -0.15) is 0 Å². The molecule has 3 nitrogen and oxygen atoms in total. The SMILES string of the molecule is CNCc1cc(CC(C)(C)C)no1. The van der Waals surface area contributed by atoms with E-state index in [9.17, 15) is 0 Å². The molecule has 0 aromatic carbocycles. The normalized spacial score (nSPS) is 12.0. The highest BCUT2D eigenvalue weighted by molar-refractivity contribution is 5.06. The molecule has 0 aliphatic carbocycles. The number of hydrogen-bond acceptors (Lipinski definition) is 3. The lowest BCUT2D eigenvalue weighted by Crippen LogP contribution is -2.09. The Morgan fingerprint density at radius 3 is 2.69 bits per heavy atom. The van der Waals surface area contributed by atoms with Crippen LogP contribution in [0.15, 0.2) is 10.6 Å². The molecule has 0 unspecified atom stereocenters. The van der Waals surface area contributed by atoms with Crippen molar-refractivity contribution in [3.05, 3.63) is 17.5 Å². The van der Waals surface area contributed by atoms with Crippen LogP contribution in [0.3, 0.4) is 0 Å². The summed E-state index contributed by atoms with van der Waals surface area (Å²) in [5, 5.41) is 7.03. The molecule has 1 N–H and O–H groups in total. The van der Waals surface area contributed by atoms with Gasteiger partial charge in [-0.25, -0.2) is 0 Å². The minimum absolute atomic E-state index is 0.272. The van der Waals surface area contributed by atoms with Gasteiger partial charge in [0.25, 0.3) is 0 Å². The van der Waals surface area contributed by atoms with E-state index in [1.54, 1.807) is 0 Å². The van der Waals surface area contributed by atoms with Crippen molar-refractivity contribution in [2.45, 2.75) is 33.7 Å². The topological polar surface area (TPSA) is 38.1 Å². The third-order valence-corrected chi connectivity index (χ3v) is 1.67. The van der Waals surface area contributed by atoms with Crippen molar-refractivity contribution in [1.82, 2.24) is 10.5 Å². The summed E-state index contributed by atoms with van der Waals surface area (Å²) < 4.78 is 5.14. The van der Waals surface area contributed by atoms with Gasteiger partial charge in [-0.15, -0.1) is 0 Å². The van der Waals surface area contributed by atoms with Crippen LogP contribution < -0.4 is 5.32 Å². The van der Waals surface area contributed by atoms with E-state index in [2.05, 4.69) is 31.2 Å². The molecule has 3 heteroatoms. The summed E-state index contributed by atoms with van der Waals surface area (Å²) in [6.07, 6.45) is 0.959. The van der Waals surface area contributed by atoms with E-state index in [0.29, 0.717) is 0 Å². The Bertz CT molecular complexity index is 260. The van der Waals surface area contributed by atoms with E-state index < -0.39 is 0 Å². The van der Waals surface area contributed by atoms with Crippen molar-refractivity contribution in [2.24, 2.45) is 5.41 Å². The van der Waals surface area contributed by atoms with Crippen LogP contribution in [0.25, 0.3) is 0 Å². The molecular weight excluding hydrogens is 164 g/mol. The van der Waals surface area contributed by atoms with Crippen molar-refractivity contribution in [3.8, 4) is 0 Å². The molecule has 0 atom stereocenters. The van der Waals surface area contributed by atoms with E-state index in [0.717, 1.165) is 24.4 Å². The van der Waals surface area contributed by atoms with Crippen LogP contribution in [0.2, 0.25) is 0 Å². The second-order valence-electron chi connectivity index (χ2n) is 4.55. The minimum atomic E-state index is 0.272. The Labute approximate surface area is 79.5 Å². The zero-order valence-electron chi connectivity index (χ0n) is 8.85. The van der Waals surface area contributed by atoms with Gasteiger partial charge >= 0.3 is 0 Å². The summed E-state index contributed by atoms with van der Waals surface area (Å²) in [6, 6.07) is 2.02. The fourth-order valence-corrected chi connectivity index (χ4v) is 1.24. The quantitative estimate of drug-likeness (QED) is 0.776. The third-order valence-electron chi connectivity index (χ3n) is 1.67. The second kappa shape index (κ2) is 3.92. The van der Waals surface area contributed by atoms with Crippen molar-refractivity contribution in [2.75, 3.05) is 7.05 Å². The highest BCUT2D eigenvalue weighted by Crippen LogP contribution is 2.20. The minimum Gasteiger partial charge on any atom is -0.360 e. The number of nitrogens with zero attached hydrogens (tertiary/aromatic N) is 1. The molecule has 0 bridgehead atoms. The first-order valence-electron chi connectivity index (χ1n) is 4.60. The van der Waals surface area contributed by atoms with Gasteiger partial charge in [0.2, 0.25) is 0 Å². The van der Waals surface area contributed by atoms with Crippen LogP contribution in [-0.2, 0) is 13.0 Å². The molecule has 0 aliphatic heterocycles. The number of aromatic nitrogens is 1. The standard InChI is InChI=1S/C10H18N2O/c1-10(2,3)6-8-5-9(7-11-4)13-12-8/h5,11H,6-7H2,1-4H3. The van der Waals surface area contributed by atoms with Crippen molar-refractivity contribution >= 4 is 0 Å². The Hall–Kier alpha value is -0.830. The van der Waals surface area contributed by atoms with Crippen LogP contribution >= 0.6 is 0 Å². The molecule has 0 amide bonds. The maximum Gasteiger partial charge on any atom is 0.150 e. The van der Waals surface area contributed by atoms with Crippen LogP contribution in [0.1, 0.15) is 32.2 Å². The average Bonchev–Trinajstić information content (AvgIpc) is 2.33. The molecule has 0 saturated heterocycles. The molecule has 0 aliphatic rings. The first kappa shape index (κ1) is 10.3. The van der Waals surface area contributed by atoms with Gasteiger partial charge in [-0.3, -0.25) is 0 Å². The molecule has 1 aromatic rings. The zero-order chi connectivity index (χ0) is 9.90. The molecule has 13 heavy (non-hydrogen) atoms. The fraction of sp³-hybridized carbons (Fsp3) is 0.700. The van der Waals surface area contributed by atoms with Gasteiger partial charge in [-0.05, 0) is 18.9 Å². The molecule has 74 valence electrons. The smallest absolute Gasteiger partial charge is 0.150 e.